The zero-order valence-corrected chi connectivity index (χ0v) is 17.7. The van der Waals surface area contributed by atoms with Crippen molar-refractivity contribution in [2.45, 2.75) is 12.6 Å². The fraction of sp³-hybridized carbons (Fsp3) is 0.125. The van der Waals surface area contributed by atoms with Crippen molar-refractivity contribution in [1.29, 1.82) is 0 Å². The third-order valence-electron chi connectivity index (χ3n) is 4.89. The van der Waals surface area contributed by atoms with Gasteiger partial charge in [-0.15, -0.1) is 11.3 Å². The summed E-state index contributed by atoms with van der Waals surface area (Å²) in [5, 5.41) is 14.9. The molecule has 6 nitrogen and oxygen atoms in total. The van der Waals surface area contributed by atoms with Gasteiger partial charge in [0.05, 0.1) is 18.4 Å². The quantitative estimate of drug-likeness (QED) is 0.417. The average molecular weight is 432 g/mol. The Bertz CT molecular complexity index is 1160. The van der Waals surface area contributed by atoms with E-state index in [4.69, 9.17) is 9.72 Å². The van der Waals surface area contributed by atoms with Crippen LogP contribution in [-0.2, 0) is 6.54 Å². The number of nitrogens with zero attached hydrogens (tertiary/aromatic N) is 2. The highest BCUT2D eigenvalue weighted by atomic mass is 32.1. The van der Waals surface area contributed by atoms with E-state index < -0.39 is 5.97 Å². The highest BCUT2D eigenvalue weighted by Crippen LogP contribution is 2.27. The lowest BCUT2D eigenvalue weighted by Gasteiger charge is -2.18. The van der Waals surface area contributed by atoms with Crippen molar-refractivity contribution in [2.75, 3.05) is 7.11 Å². The van der Waals surface area contributed by atoms with Gasteiger partial charge in [0.1, 0.15) is 11.8 Å². The van der Waals surface area contributed by atoms with Gasteiger partial charge in [0.15, 0.2) is 5.82 Å². The van der Waals surface area contributed by atoms with Crippen molar-refractivity contribution in [3.63, 3.8) is 0 Å². The molecule has 2 N–H and O–H groups in total. The number of rotatable bonds is 8. The van der Waals surface area contributed by atoms with Crippen molar-refractivity contribution < 1.29 is 14.6 Å². The first-order chi connectivity index (χ1) is 15.2. The summed E-state index contributed by atoms with van der Waals surface area (Å²) >= 11 is 1.60. The van der Waals surface area contributed by atoms with Crippen LogP contribution in [0.5, 0.6) is 5.75 Å². The monoisotopic (exact) mass is 431 g/mol. The molecule has 0 saturated carbocycles. The molecule has 0 amide bonds. The summed E-state index contributed by atoms with van der Waals surface area (Å²) in [7, 11) is 1.64. The minimum absolute atomic E-state index is 0.264. The first-order valence-electron chi connectivity index (χ1n) is 9.71. The molecule has 4 rings (SSSR count). The summed E-state index contributed by atoms with van der Waals surface area (Å²) in [5.74, 6) is 0.472. The van der Waals surface area contributed by atoms with E-state index in [9.17, 15) is 9.90 Å². The largest absolute Gasteiger partial charge is 0.497 e. The molecule has 4 aromatic rings. The van der Waals surface area contributed by atoms with Gasteiger partial charge in [-0.25, -0.2) is 14.8 Å². The molecule has 0 saturated heterocycles. The zero-order chi connectivity index (χ0) is 21.6. The molecule has 0 radical (unpaired) electrons. The molecule has 0 bridgehead atoms. The van der Waals surface area contributed by atoms with Gasteiger partial charge in [0.25, 0.3) is 0 Å². The number of hydrogen-bond acceptors (Lipinski definition) is 6. The van der Waals surface area contributed by atoms with Gasteiger partial charge in [-0.05, 0) is 53.4 Å². The third kappa shape index (κ3) is 4.79. The number of ether oxygens (including phenoxy) is 1. The van der Waals surface area contributed by atoms with Gasteiger partial charge < -0.3 is 9.84 Å². The van der Waals surface area contributed by atoms with E-state index >= 15 is 0 Å². The summed E-state index contributed by atoms with van der Waals surface area (Å²) in [6.07, 6.45) is 1.75. The van der Waals surface area contributed by atoms with Gasteiger partial charge in [0, 0.05) is 23.2 Å². The standard InChI is InChI=1S/C24H21N3O3S/c1-30-18-10-8-16(9-11-18)20-12-13-25-23(27-20)22(21-7-4-14-31-21)26-15-17-5-2-3-6-19(17)24(28)29/h2-14,22,26H,15H2,1H3,(H,28,29). The molecule has 1 unspecified atom stereocenters. The fourth-order valence-corrected chi connectivity index (χ4v) is 4.10. The van der Waals surface area contributed by atoms with E-state index in [0.29, 0.717) is 17.9 Å². The summed E-state index contributed by atoms with van der Waals surface area (Å²) < 4.78 is 5.23. The number of methoxy groups -OCH3 is 1. The Morgan fingerprint density at radius 1 is 1.10 bits per heavy atom. The molecule has 0 spiro atoms. The predicted octanol–water partition coefficient (Wildman–Crippen LogP) is 4.79. The molecular weight excluding hydrogens is 410 g/mol. The summed E-state index contributed by atoms with van der Waals surface area (Å²) in [6, 6.07) is 20.3. The number of carbonyl (C=O) groups is 1. The minimum Gasteiger partial charge on any atom is -0.497 e. The van der Waals surface area contributed by atoms with E-state index in [1.54, 1.807) is 36.8 Å². The van der Waals surface area contributed by atoms with Crippen LogP contribution in [0.3, 0.4) is 0 Å². The number of aromatic nitrogens is 2. The Hall–Kier alpha value is -3.55. The Labute approximate surface area is 184 Å². The van der Waals surface area contributed by atoms with Crippen molar-refractivity contribution in [3.8, 4) is 17.0 Å². The number of thiophene rings is 1. The normalized spacial score (nSPS) is 11.8. The smallest absolute Gasteiger partial charge is 0.336 e. The van der Waals surface area contributed by atoms with Crippen LogP contribution in [-0.4, -0.2) is 28.2 Å². The minimum atomic E-state index is -0.942. The number of nitrogens with one attached hydrogen (secondary N) is 1. The predicted molar refractivity (Wildman–Crippen MR) is 120 cm³/mol. The average Bonchev–Trinajstić information content (AvgIpc) is 3.34. The summed E-state index contributed by atoms with van der Waals surface area (Å²) in [5.41, 5.74) is 2.77. The lowest BCUT2D eigenvalue weighted by atomic mass is 10.1. The number of hydrogen-bond donors (Lipinski definition) is 2. The van der Waals surface area contributed by atoms with Crippen LogP contribution in [0.4, 0.5) is 0 Å². The fourth-order valence-electron chi connectivity index (χ4n) is 3.31. The molecule has 31 heavy (non-hydrogen) atoms. The van der Waals surface area contributed by atoms with Crippen molar-refractivity contribution >= 4 is 17.3 Å². The maximum atomic E-state index is 11.6. The lowest BCUT2D eigenvalue weighted by molar-refractivity contribution is 0.0695. The van der Waals surface area contributed by atoms with Crippen LogP contribution in [0.1, 0.15) is 32.7 Å². The van der Waals surface area contributed by atoms with Crippen LogP contribution in [0, 0.1) is 0 Å². The van der Waals surface area contributed by atoms with Crippen LogP contribution in [0.25, 0.3) is 11.3 Å². The number of carboxylic acids is 1. The Kier molecular flexibility index (Phi) is 6.35. The molecule has 156 valence electrons. The maximum Gasteiger partial charge on any atom is 0.336 e. The maximum absolute atomic E-state index is 11.6. The lowest BCUT2D eigenvalue weighted by Crippen LogP contribution is -2.24. The number of carboxylic acid groups (broad SMARTS) is 1. The highest BCUT2D eigenvalue weighted by molar-refractivity contribution is 7.10. The van der Waals surface area contributed by atoms with Crippen LogP contribution >= 0.6 is 11.3 Å². The second-order valence-corrected chi connectivity index (χ2v) is 7.80. The van der Waals surface area contributed by atoms with E-state index in [1.807, 2.05) is 60.0 Å². The van der Waals surface area contributed by atoms with E-state index in [-0.39, 0.29) is 11.6 Å². The summed E-state index contributed by atoms with van der Waals surface area (Å²) in [6.45, 7) is 0.376. The number of aromatic carboxylic acids is 1. The third-order valence-corrected chi connectivity index (χ3v) is 5.83. The molecular formula is C24H21N3O3S. The molecule has 0 aliphatic heterocycles. The molecule has 2 heterocycles. The highest BCUT2D eigenvalue weighted by Gasteiger charge is 2.20. The second-order valence-electron chi connectivity index (χ2n) is 6.82. The van der Waals surface area contributed by atoms with Gasteiger partial charge in [-0.2, -0.15) is 0 Å². The SMILES string of the molecule is COc1ccc(-c2ccnc(C(NCc3ccccc3C(=O)O)c3cccs3)n2)cc1. The topological polar surface area (TPSA) is 84.3 Å². The Morgan fingerprint density at radius 3 is 2.61 bits per heavy atom. The van der Waals surface area contributed by atoms with Crippen LogP contribution in [0.15, 0.2) is 78.3 Å². The molecule has 1 atom stereocenters. The first kappa shape index (κ1) is 20.7. The van der Waals surface area contributed by atoms with E-state index in [1.165, 1.54) is 0 Å². The molecule has 2 aromatic carbocycles. The Balaban J connectivity index is 1.64. The molecule has 2 aromatic heterocycles. The van der Waals surface area contributed by atoms with Crippen molar-refractivity contribution in [3.05, 3.63) is 100 Å². The van der Waals surface area contributed by atoms with Crippen LogP contribution in [0.2, 0.25) is 0 Å². The van der Waals surface area contributed by atoms with Crippen molar-refractivity contribution in [2.24, 2.45) is 0 Å². The number of benzene rings is 2. The molecule has 0 aliphatic rings. The molecule has 0 aliphatic carbocycles. The van der Waals surface area contributed by atoms with Crippen LogP contribution < -0.4 is 10.1 Å². The van der Waals surface area contributed by atoms with Gasteiger partial charge in [0.2, 0.25) is 0 Å². The van der Waals surface area contributed by atoms with E-state index in [0.717, 1.165) is 21.9 Å². The molecule has 0 fully saturated rings. The molecule has 7 heteroatoms. The van der Waals surface area contributed by atoms with Gasteiger partial charge in [-0.1, -0.05) is 24.3 Å². The first-order valence-corrected chi connectivity index (χ1v) is 10.6. The zero-order valence-electron chi connectivity index (χ0n) is 16.9. The van der Waals surface area contributed by atoms with Gasteiger partial charge >= 0.3 is 5.97 Å². The summed E-state index contributed by atoms with van der Waals surface area (Å²) in [4.78, 5) is 21.9. The Morgan fingerprint density at radius 2 is 1.90 bits per heavy atom. The van der Waals surface area contributed by atoms with E-state index in [2.05, 4.69) is 10.3 Å². The van der Waals surface area contributed by atoms with Crippen molar-refractivity contribution in [1.82, 2.24) is 15.3 Å². The van der Waals surface area contributed by atoms with Gasteiger partial charge in [-0.3, -0.25) is 5.32 Å². The second kappa shape index (κ2) is 9.51.